The van der Waals surface area contributed by atoms with Crippen molar-refractivity contribution >= 4 is 0 Å². The van der Waals surface area contributed by atoms with Gasteiger partial charge in [-0.25, -0.2) is 4.98 Å². The molecule has 1 N–H and O–H groups in total. The van der Waals surface area contributed by atoms with Gasteiger partial charge in [0.25, 0.3) is 0 Å². The number of hydrogen-bond acceptors (Lipinski definition) is 4. The van der Waals surface area contributed by atoms with Crippen molar-refractivity contribution in [3.8, 4) is 0 Å². The highest BCUT2D eigenvalue weighted by atomic mass is 15.3. The molecule has 0 saturated carbocycles. The molecule has 20 heavy (non-hydrogen) atoms. The van der Waals surface area contributed by atoms with Gasteiger partial charge in [0.05, 0.1) is 0 Å². The molecule has 0 aromatic carbocycles. The van der Waals surface area contributed by atoms with Crippen LogP contribution in [0.4, 0.5) is 0 Å². The molecule has 5 nitrogen and oxygen atoms in total. The van der Waals surface area contributed by atoms with E-state index in [1.807, 2.05) is 6.20 Å². The maximum absolute atomic E-state index is 4.27. The fourth-order valence-corrected chi connectivity index (χ4v) is 3.41. The topological polar surface area (TPSA) is 36.3 Å². The summed E-state index contributed by atoms with van der Waals surface area (Å²) in [5, 5.41) is 3.47. The normalized spacial score (nSPS) is 25.4. The van der Waals surface area contributed by atoms with Crippen LogP contribution in [0.5, 0.6) is 0 Å². The zero-order valence-corrected chi connectivity index (χ0v) is 12.6. The summed E-state index contributed by atoms with van der Waals surface area (Å²) in [5.41, 5.74) is 0. The first kappa shape index (κ1) is 14.0. The van der Waals surface area contributed by atoms with Gasteiger partial charge in [-0.3, -0.25) is 4.90 Å². The fourth-order valence-electron chi connectivity index (χ4n) is 3.41. The number of piperazine rings is 1. The van der Waals surface area contributed by atoms with Crippen molar-refractivity contribution < 1.29 is 0 Å². The first-order valence-corrected chi connectivity index (χ1v) is 7.98. The quantitative estimate of drug-likeness (QED) is 0.853. The van der Waals surface area contributed by atoms with Crippen molar-refractivity contribution in [3.63, 3.8) is 0 Å². The van der Waals surface area contributed by atoms with Gasteiger partial charge in [-0.15, -0.1) is 0 Å². The molecule has 1 atom stereocenters. The van der Waals surface area contributed by atoms with Crippen molar-refractivity contribution in [1.29, 1.82) is 0 Å². The Morgan fingerprint density at radius 2 is 2.10 bits per heavy atom. The lowest BCUT2D eigenvalue weighted by Crippen LogP contribution is -2.51. The highest BCUT2D eigenvalue weighted by molar-refractivity contribution is 4.88. The van der Waals surface area contributed by atoms with Gasteiger partial charge in [0.15, 0.2) is 0 Å². The lowest BCUT2D eigenvalue weighted by molar-refractivity contribution is 0.101. The van der Waals surface area contributed by atoms with Crippen LogP contribution in [0.2, 0.25) is 0 Å². The summed E-state index contributed by atoms with van der Waals surface area (Å²) in [6, 6.07) is 0.797. The molecule has 2 saturated heterocycles. The number of hydrogen-bond donors (Lipinski definition) is 1. The summed E-state index contributed by atoms with van der Waals surface area (Å²) in [6.07, 6.45) is 6.53. The molecule has 2 aliphatic rings. The second kappa shape index (κ2) is 6.70. The molecule has 0 bridgehead atoms. The third-order valence-electron chi connectivity index (χ3n) is 4.75. The van der Waals surface area contributed by atoms with E-state index < -0.39 is 0 Å². The van der Waals surface area contributed by atoms with Crippen LogP contribution in [-0.2, 0) is 6.54 Å². The van der Waals surface area contributed by atoms with Gasteiger partial charge in [-0.2, -0.15) is 0 Å². The van der Waals surface area contributed by atoms with E-state index in [1.165, 1.54) is 58.7 Å². The van der Waals surface area contributed by atoms with Gasteiger partial charge in [0, 0.05) is 57.7 Å². The minimum absolute atomic E-state index is 0.797. The number of nitrogens with zero attached hydrogens (tertiary/aromatic N) is 4. The Balaban J connectivity index is 1.35. The first-order chi connectivity index (χ1) is 9.83. The maximum Gasteiger partial charge on any atom is 0.105 e. The number of aryl methyl sites for hydroxylation is 2. The molecule has 0 radical (unpaired) electrons. The summed E-state index contributed by atoms with van der Waals surface area (Å²) < 4.78 is 2.25. The van der Waals surface area contributed by atoms with E-state index >= 15 is 0 Å². The van der Waals surface area contributed by atoms with Crippen molar-refractivity contribution in [2.45, 2.75) is 32.4 Å². The van der Waals surface area contributed by atoms with E-state index in [2.05, 4.69) is 37.8 Å². The third-order valence-corrected chi connectivity index (χ3v) is 4.75. The molecule has 2 fully saturated rings. The largest absolute Gasteiger partial charge is 0.335 e. The van der Waals surface area contributed by atoms with E-state index in [-0.39, 0.29) is 0 Å². The van der Waals surface area contributed by atoms with E-state index in [0.717, 1.165) is 18.4 Å². The summed E-state index contributed by atoms with van der Waals surface area (Å²) >= 11 is 0. The number of nitrogens with one attached hydrogen (secondary N) is 1. The minimum Gasteiger partial charge on any atom is -0.335 e. The molecule has 112 valence electrons. The van der Waals surface area contributed by atoms with Crippen LogP contribution >= 0.6 is 0 Å². The van der Waals surface area contributed by atoms with E-state index in [4.69, 9.17) is 0 Å². The summed E-state index contributed by atoms with van der Waals surface area (Å²) in [4.78, 5) is 9.57. The smallest absolute Gasteiger partial charge is 0.105 e. The Bertz CT molecular complexity index is 402. The van der Waals surface area contributed by atoms with Crippen molar-refractivity contribution in [2.24, 2.45) is 0 Å². The fraction of sp³-hybridized carbons (Fsp3) is 0.800. The van der Waals surface area contributed by atoms with E-state index in [9.17, 15) is 0 Å². The monoisotopic (exact) mass is 277 g/mol. The average molecular weight is 277 g/mol. The summed E-state index contributed by atoms with van der Waals surface area (Å²) in [6.45, 7) is 11.8. The van der Waals surface area contributed by atoms with Gasteiger partial charge < -0.3 is 14.8 Å². The Labute approximate surface area is 122 Å². The summed E-state index contributed by atoms with van der Waals surface area (Å²) in [5.74, 6) is 1.13. The van der Waals surface area contributed by atoms with Crippen LogP contribution in [0.25, 0.3) is 0 Å². The lowest BCUT2D eigenvalue weighted by Gasteiger charge is -2.37. The van der Waals surface area contributed by atoms with Crippen molar-refractivity contribution in [2.75, 3.05) is 45.8 Å². The van der Waals surface area contributed by atoms with Crippen LogP contribution in [0.15, 0.2) is 12.4 Å². The summed E-state index contributed by atoms with van der Waals surface area (Å²) in [7, 11) is 0. The molecule has 0 amide bonds. The number of aromatic nitrogens is 2. The Morgan fingerprint density at radius 3 is 2.75 bits per heavy atom. The minimum atomic E-state index is 0.797. The van der Waals surface area contributed by atoms with Gasteiger partial charge in [-0.1, -0.05) is 0 Å². The molecule has 2 aliphatic heterocycles. The SMILES string of the molecule is Cc1nccn1CCCN1CCN([C@H]2CCNC2)CC1. The van der Waals surface area contributed by atoms with Gasteiger partial charge in [0.1, 0.15) is 5.82 Å². The van der Waals surface area contributed by atoms with Crippen LogP contribution in [0.3, 0.4) is 0 Å². The van der Waals surface area contributed by atoms with Crippen LogP contribution in [0, 0.1) is 6.92 Å². The van der Waals surface area contributed by atoms with Crippen LogP contribution in [0.1, 0.15) is 18.7 Å². The molecule has 1 aromatic rings. The Morgan fingerprint density at radius 1 is 1.25 bits per heavy atom. The van der Waals surface area contributed by atoms with Gasteiger partial charge in [-0.05, 0) is 32.9 Å². The molecule has 0 unspecified atom stereocenters. The van der Waals surface area contributed by atoms with Crippen molar-refractivity contribution in [1.82, 2.24) is 24.7 Å². The van der Waals surface area contributed by atoms with Crippen LogP contribution < -0.4 is 5.32 Å². The average Bonchev–Trinajstić information content (AvgIpc) is 3.12. The molecule has 3 heterocycles. The molecular formula is C15H27N5. The van der Waals surface area contributed by atoms with Crippen LogP contribution in [-0.4, -0.2) is 71.2 Å². The first-order valence-electron chi connectivity index (χ1n) is 7.98. The molecule has 0 spiro atoms. The second-order valence-electron chi connectivity index (χ2n) is 6.05. The van der Waals surface area contributed by atoms with Crippen molar-refractivity contribution in [3.05, 3.63) is 18.2 Å². The predicted molar refractivity (Wildman–Crippen MR) is 80.9 cm³/mol. The highest BCUT2D eigenvalue weighted by Crippen LogP contribution is 2.12. The molecule has 1 aromatic heterocycles. The van der Waals surface area contributed by atoms with E-state index in [0.29, 0.717) is 0 Å². The van der Waals surface area contributed by atoms with Gasteiger partial charge in [0.2, 0.25) is 0 Å². The molecule has 5 heteroatoms. The van der Waals surface area contributed by atoms with Gasteiger partial charge >= 0.3 is 0 Å². The molecular weight excluding hydrogens is 250 g/mol. The zero-order chi connectivity index (χ0) is 13.8. The standard InChI is InChI=1S/C15H27N5/c1-14-17-5-8-19(14)7-2-6-18-9-11-20(12-10-18)15-3-4-16-13-15/h5,8,15-16H,2-4,6-7,9-13H2,1H3/t15-/m0/s1. The van der Waals surface area contributed by atoms with E-state index in [1.54, 1.807) is 0 Å². The number of rotatable bonds is 5. The zero-order valence-electron chi connectivity index (χ0n) is 12.6. The third kappa shape index (κ3) is 3.40. The Hall–Kier alpha value is -0.910. The Kier molecular flexibility index (Phi) is 4.70. The maximum atomic E-state index is 4.27. The highest BCUT2D eigenvalue weighted by Gasteiger charge is 2.25. The predicted octanol–water partition coefficient (Wildman–Crippen LogP) is 0.561. The molecule has 3 rings (SSSR count). The second-order valence-corrected chi connectivity index (χ2v) is 6.05. The lowest BCUT2D eigenvalue weighted by atomic mass is 10.2. The molecule has 0 aliphatic carbocycles. The number of imidazole rings is 1.